The third kappa shape index (κ3) is 6.36. The van der Waals surface area contributed by atoms with E-state index in [-0.39, 0.29) is 23.2 Å². The molecule has 0 spiro atoms. The molecule has 38 heavy (non-hydrogen) atoms. The number of methoxy groups -OCH3 is 2. The number of hydrogen-bond donors (Lipinski definition) is 0. The van der Waals surface area contributed by atoms with Crippen LogP contribution in [0.3, 0.4) is 0 Å². The Bertz CT molecular complexity index is 1270. The zero-order valence-electron chi connectivity index (χ0n) is 23.1. The second-order valence-corrected chi connectivity index (χ2v) is 10.8. The Morgan fingerprint density at radius 2 is 1.82 bits per heavy atom. The molecule has 0 N–H and O–H groups in total. The number of carbonyl (C=O) groups excluding carboxylic acids is 1. The zero-order valence-corrected chi connectivity index (χ0v) is 23.1. The average Bonchev–Trinajstić information content (AvgIpc) is 2.91. The summed E-state index contributed by atoms with van der Waals surface area (Å²) >= 11 is 0. The van der Waals surface area contributed by atoms with Crippen LogP contribution < -0.4 is 9.47 Å². The fourth-order valence-corrected chi connectivity index (χ4v) is 5.62. The summed E-state index contributed by atoms with van der Waals surface area (Å²) in [5.41, 5.74) is 4.56. The summed E-state index contributed by atoms with van der Waals surface area (Å²) in [6, 6.07) is 19.0. The van der Waals surface area contributed by atoms with Gasteiger partial charge in [-0.15, -0.1) is 0 Å². The van der Waals surface area contributed by atoms with Crippen LogP contribution in [-0.4, -0.2) is 38.7 Å². The summed E-state index contributed by atoms with van der Waals surface area (Å²) in [5, 5.41) is 0. The highest BCUT2D eigenvalue weighted by Crippen LogP contribution is 2.48. The SMILES string of the molecule is COC(=O)CCc1cccc(OCc2ccc(-c3cc(OC)ccc3F)c(C3N(C)CCCC3(C)C)c2)c1. The van der Waals surface area contributed by atoms with Crippen molar-refractivity contribution in [1.29, 1.82) is 0 Å². The first-order valence-electron chi connectivity index (χ1n) is 13.2. The summed E-state index contributed by atoms with van der Waals surface area (Å²) in [6.07, 6.45) is 3.16. The van der Waals surface area contributed by atoms with Crippen molar-refractivity contribution in [3.63, 3.8) is 0 Å². The van der Waals surface area contributed by atoms with Gasteiger partial charge in [-0.1, -0.05) is 44.2 Å². The van der Waals surface area contributed by atoms with E-state index in [2.05, 4.69) is 31.9 Å². The Balaban J connectivity index is 1.66. The van der Waals surface area contributed by atoms with Crippen LogP contribution in [0.1, 0.15) is 55.8 Å². The Labute approximate surface area is 225 Å². The molecule has 6 heteroatoms. The minimum Gasteiger partial charge on any atom is -0.497 e. The summed E-state index contributed by atoms with van der Waals surface area (Å²) in [7, 11) is 5.15. The number of aryl methyl sites for hydroxylation is 1. The lowest BCUT2D eigenvalue weighted by atomic mass is 9.72. The number of rotatable bonds is 9. The van der Waals surface area contributed by atoms with Crippen molar-refractivity contribution in [2.24, 2.45) is 5.41 Å². The molecular formula is C32H38FNO4. The molecule has 0 amide bonds. The molecule has 1 heterocycles. The second kappa shape index (κ2) is 12.0. The third-order valence-electron chi connectivity index (χ3n) is 7.54. The van der Waals surface area contributed by atoms with Crippen molar-refractivity contribution in [2.75, 3.05) is 27.8 Å². The van der Waals surface area contributed by atoms with E-state index in [0.717, 1.165) is 47.4 Å². The number of ether oxygens (including phenoxy) is 3. The first kappa shape index (κ1) is 27.6. The number of nitrogens with zero attached hydrogens (tertiary/aromatic N) is 1. The normalized spacial score (nSPS) is 17.2. The highest BCUT2D eigenvalue weighted by Gasteiger charge is 2.38. The molecule has 0 bridgehead atoms. The number of benzene rings is 3. The summed E-state index contributed by atoms with van der Waals surface area (Å²) < 4.78 is 31.5. The fraction of sp³-hybridized carbons (Fsp3) is 0.406. The van der Waals surface area contributed by atoms with Crippen LogP contribution in [0.2, 0.25) is 0 Å². The lowest BCUT2D eigenvalue weighted by Gasteiger charge is -2.46. The van der Waals surface area contributed by atoms with Crippen LogP contribution in [0.5, 0.6) is 11.5 Å². The molecule has 0 aliphatic carbocycles. The summed E-state index contributed by atoms with van der Waals surface area (Å²) in [4.78, 5) is 13.9. The predicted molar refractivity (Wildman–Crippen MR) is 148 cm³/mol. The van der Waals surface area contributed by atoms with Crippen molar-refractivity contribution < 1.29 is 23.4 Å². The lowest BCUT2D eigenvalue weighted by molar-refractivity contribution is -0.140. The number of hydrogen-bond acceptors (Lipinski definition) is 5. The second-order valence-electron chi connectivity index (χ2n) is 10.8. The van der Waals surface area contributed by atoms with Crippen molar-refractivity contribution in [3.8, 4) is 22.6 Å². The molecule has 1 saturated heterocycles. The number of esters is 1. The Kier molecular flexibility index (Phi) is 8.72. The van der Waals surface area contributed by atoms with Gasteiger partial charge < -0.3 is 14.2 Å². The van der Waals surface area contributed by atoms with Crippen LogP contribution >= 0.6 is 0 Å². The summed E-state index contributed by atoms with van der Waals surface area (Å²) in [6.45, 7) is 5.96. The topological polar surface area (TPSA) is 48.0 Å². The molecular weight excluding hydrogens is 481 g/mol. The van der Waals surface area contributed by atoms with Crippen LogP contribution in [0.4, 0.5) is 4.39 Å². The van der Waals surface area contributed by atoms with E-state index in [9.17, 15) is 4.79 Å². The minimum absolute atomic E-state index is 0.0184. The molecule has 0 saturated carbocycles. The van der Waals surface area contributed by atoms with Gasteiger partial charge in [-0.25, -0.2) is 4.39 Å². The highest BCUT2D eigenvalue weighted by molar-refractivity contribution is 5.71. The molecule has 0 aromatic heterocycles. The quantitative estimate of drug-likeness (QED) is 0.286. The Hall–Kier alpha value is -3.38. The smallest absolute Gasteiger partial charge is 0.305 e. The number of carbonyl (C=O) groups is 1. The molecule has 3 aromatic rings. The van der Waals surface area contributed by atoms with Crippen LogP contribution in [-0.2, 0) is 22.6 Å². The maximum absolute atomic E-state index is 15.1. The van der Waals surface area contributed by atoms with E-state index in [0.29, 0.717) is 30.8 Å². The number of piperidine rings is 1. The molecule has 1 aliphatic heterocycles. The van der Waals surface area contributed by atoms with Gasteiger partial charge in [-0.05, 0) is 90.9 Å². The molecule has 1 fully saturated rings. The maximum atomic E-state index is 15.1. The van der Waals surface area contributed by atoms with Gasteiger partial charge in [0.15, 0.2) is 0 Å². The van der Waals surface area contributed by atoms with Crippen molar-refractivity contribution in [2.45, 2.75) is 52.2 Å². The number of likely N-dealkylation sites (tertiary alicyclic amines) is 1. The summed E-state index contributed by atoms with van der Waals surface area (Å²) in [5.74, 6) is 0.873. The first-order valence-corrected chi connectivity index (χ1v) is 13.2. The van der Waals surface area contributed by atoms with E-state index < -0.39 is 0 Å². The first-order chi connectivity index (χ1) is 18.2. The number of halogens is 1. The monoisotopic (exact) mass is 519 g/mol. The van der Waals surface area contributed by atoms with E-state index >= 15 is 4.39 Å². The van der Waals surface area contributed by atoms with Gasteiger partial charge in [-0.3, -0.25) is 9.69 Å². The van der Waals surface area contributed by atoms with Gasteiger partial charge in [0.25, 0.3) is 0 Å². The van der Waals surface area contributed by atoms with Gasteiger partial charge in [0.2, 0.25) is 0 Å². The molecule has 1 atom stereocenters. The van der Waals surface area contributed by atoms with Crippen molar-refractivity contribution in [1.82, 2.24) is 4.90 Å². The van der Waals surface area contributed by atoms with Crippen LogP contribution in [0, 0.1) is 11.2 Å². The van der Waals surface area contributed by atoms with Gasteiger partial charge in [0.05, 0.1) is 14.2 Å². The van der Waals surface area contributed by atoms with Crippen LogP contribution in [0.25, 0.3) is 11.1 Å². The van der Waals surface area contributed by atoms with Crippen molar-refractivity contribution >= 4 is 5.97 Å². The molecule has 0 radical (unpaired) electrons. The molecule has 3 aromatic carbocycles. The van der Waals surface area contributed by atoms with E-state index in [4.69, 9.17) is 14.2 Å². The Morgan fingerprint density at radius 1 is 1.00 bits per heavy atom. The predicted octanol–water partition coefficient (Wildman–Crippen LogP) is 6.98. The van der Waals surface area contributed by atoms with E-state index in [1.54, 1.807) is 19.2 Å². The minimum atomic E-state index is -0.268. The maximum Gasteiger partial charge on any atom is 0.305 e. The molecule has 202 valence electrons. The van der Waals surface area contributed by atoms with E-state index in [1.807, 2.05) is 36.4 Å². The average molecular weight is 520 g/mol. The van der Waals surface area contributed by atoms with E-state index in [1.165, 1.54) is 13.2 Å². The zero-order chi connectivity index (χ0) is 27.3. The molecule has 4 rings (SSSR count). The Morgan fingerprint density at radius 3 is 2.55 bits per heavy atom. The standard InChI is InChI=1S/C32H38FNO4/c1-32(2)16-7-17-34(3)31(32)28-19-23(10-13-26(28)27-20-24(36-4)12-14-29(27)33)21-38-25-9-6-8-22(18-25)11-15-30(35)37-5/h6,8-10,12-14,18-20,31H,7,11,15-17,21H2,1-5H3. The van der Waals surface area contributed by atoms with Gasteiger partial charge >= 0.3 is 5.97 Å². The van der Waals surface area contributed by atoms with Crippen molar-refractivity contribution in [3.05, 3.63) is 83.2 Å². The molecule has 1 unspecified atom stereocenters. The van der Waals surface area contributed by atoms with Crippen LogP contribution in [0.15, 0.2) is 60.7 Å². The highest BCUT2D eigenvalue weighted by atomic mass is 19.1. The van der Waals surface area contributed by atoms with Gasteiger partial charge in [0.1, 0.15) is 23.9 Å². The van der Waals surface area contributed by atoms with Gasteiger partial charge in [-0.2, -0.15) is 0 Å². The molecule has 1 aliphatic rings. The third-order valence-corrected chi connectivity index (χ3v) is 7.54. The molecule has 5 nitrogen and oxygen atoms in total. The lowest BCUT2D eigenvalue weighted by Crippen LogP contribution is -2.41. The largest absolute Gasteiger partial charge is 0.497 e. The fourth-order valence-electron chi connectivity index (χ4n) is 5.62. The van der Waals surface area contributed by atoms with Gasteiger partial charge in [0, 0.05) is 18.0 Å².